The van der Waals surface area contributed by atoms with Crippen LogP contribution in [0.1, 0.15) is 17.2 Å². The Labute approximate surface area is 182 Å². The predicted octanol–water partition coefficient (Wildman–Crippen LogP) is 5.26. The van der Waals surface area contributed by atoms with Crippen LogP contribution in [0.3, 0.4) is 0 Å². The van der Waals surface area contributed by atoms with Crippen molar-refractivity contribution in [3.05, 3.63) is 92.8 Å². The van der Waals surface area contributed by atoms with E-state index in [0.717, 1.165) is 10.9 Å². The fourth-order valence-corrected chi connectivity index (χ4v) is 3.73. The fraction of sp³-hybridized carbons (Fsp3) is 0.182. The summed E-state index contributed by atoms with van der Waals surface area (Å²) in [6.07, 6.45) is 4.78. The van der Waals surface area contributed by atoms with Gasteiger partial charge in [-0.05, 0) is 24.3 Å². The maximum atomic E-state index is 12.5. The van der Waals surface area contributed by atoms with Crippen molar-refractivity contribution in [1.82, 2.24) is 9.55 Å². The lowest BCUT2D eigenvalue weighted by molar-refractivity contribution is 0.0268. The standard InChI is InChI=1S/C22H18Cl2N2O4/c1-28-19-4-2-3-14-9-15(22(27)30-21(14)19)12-29-20(11-26-8-7-25-13-26)17-6-5-16(23)10-18(17)24/h2-10,13,20H,11-12H2,1H3. The molecule has 0 fully saturated rings. The summed E-state index contributed by atoms with van der Waals surface area (Å²) in [6.45, 7) is 0.516. The topological polar surface area (TPSA) is 66.5 Å². The Hall–Kier alpha value is -2.80. The van der Waals surface area contributed by atoms with E-state index < -0.39 is 11.7 Å². The summed E-state index contributed by atoms with van der Waals surface area (Å²) >= 11 is 12.4. The number of hydrogen-bond acceptors (Lipinski definition) is 5. The van der Waals surface area contributed by atoms with Gasteiger partial charge in [0.15, 0.2) is 11.3 Å². The van der Waals surface area contributed by atoms with Crippen LogP contribution >= 0.6 is 23.2 Å². The Kier molecular flexibility index (Phi) is 6.08. The van der Waals surface area contributed by atoms with Gasteiger partial charge in [0.1, 0.15) is 6.10 Å². The largest absolute Gasteiger partial charge is 0.493 e. The lowest BCUT2D eigenvalue weighted by atomic mass is 10.1. The van der Waals surface area contributed by atoms with Gasteiger partial charge in [0.2, 0.25) is 0 Å². The zero-order valence-corrected chi connectivity index (χ0v) is 17.6. The van der Waals surface area contributed by atoms with E-state index in [-0.39, 0.29) is 6.61 Å². The molecule has 4 rings (SSSR count). The number of ether oxygens (including phenoxy) is 2. The van der Waals surface area contributed by atoms with E-state index in [1.807, 2.05) is 29.0 Å². The molecule has 0 aliphatic heterocycles. The molecular formula is C22H18Cl2N2O4. The molecule has 0 saturated heterocycles. The number of nitrogens with zero attached hydrogens (tertiary/aromatic N) is 2. The molecule has 0 amide bonds. The first-order valence-corrected chi connectivity index (χ1v) is 9.93. The number of rotatable bonds is 7. The normalized spacial score (nSPS) is 12.2. The van der Waals surface area contributed by atoms with Gasteiger partial charge >= 0.3 is 5.63 Å². The van der Waals surface area contributed by atoms with E-state index in [1.165, 1.54) is 7.11 Å². The van der Waals surface area contributed by atoms with E-state index in [9.17, 15) is 4.79 Å². The van der Waals surface area contributed by atoms with Gasteiger partial charge < -0.3 is 18.5 Å². The second kappa shape index (κ2) is 8.92. The van der Waals surface area contributed by atoms with Crippen molar-refractivity contribution in [2.45, 2.75) is 19.3 Å². The number of hydrogen-bond donors (Lipinski definition) is 0. The van der Waals surface area contributed by atoms with Crippen molar-refractivity contribution in [3.8, 4) is 5.75 Å². The predicted molar refractivity (Wildman–Crippen MR) is 115 cm³/mol. The van der Waals surface area contributed by atoms with Crippen LogP contribution in [0.25, 0.3) is 11.0 Å². The van der Waals surface area contributed by atoms with Crippen LogP contribution in [0, 0.1) is 0 Å². The first-order valence-electron chi connectivity index (χ1n) is 9.17. The highest BCUT2D eigenvalue weighted by atomic mass is 35.5. The van der Waals surface area contributed by atoms with Crippen LogP contribution in [-0.4, -0.2) is 16.7 Å². The lowest BCUT2D eigenvalue weighted by Gasteiger charge is -2.20. The van der Waals surface area contributed by atoms with Gasteiger partial charge in [-0.2, -0.15) is 0 Å². The molecule has 154 valence electrons. The van der Waals surface area contributed by atoms with Gasteiger partial charge in [-0.25, -0.2) is 9.78 Å². The van der Waals surface area contributed by atoms with Crippen molar-refractivity contribution in [1.29, 1.82) is 0 Å². The van der Waals surface area contributed by atoms with Gasteiger partial charge in [-0.15, -0.1) is 0 Å². The van der Waals surface area contributed by atoms with Crippen LogP contribution < -0.4 is 10.4 Å². The molecule has 2 aromatic heterocycles. The van der Waals surface area contributed by atoms with Crippen molar-refractivity contribution in [2.24, 2.45) is 0 Å². The molecule has 30 heavy (non-hydrogen) atoms. The zero-order valence-electron chi connectivity index (χ0n) is 16.0. The minimum Gasteiger partial charge on any atom is -0.493 e. The smallest absolute Gasteiger partial charge is 0.341 e. The third-order valence-corrected chi connectivity index (χ3v) is 5.26. The minimum atomic E-state index is -0.476. The monoisotopic (exact) mass is 444 g/mol. The first kappa shape index (κ1) is 20.5. The van der Waals surface area contributed by atoms with Crippen molar-refractivity contribution in [2.75, 3.05) is 7.11 Å². The van der Waals surface area contributed by atoms with Gasteiger partial charge in [-0.3, -0.25) is 0 Å². The average molecular weight is 445 g/mol. The van der Waals surface area contributed by atoms with Crippen LogP contribution in [0.5, 0.6) is 5.75 Å². The Morgan fingerprint density at radius 1 is 1.20 bits per heavy atom. The van der Waals surface area contributed by atoms with E-state index >= 15 is 0 Å². The van der Waals surface area contributed by atoms with E-state index in [0.29, 0.717) is 33.5 Å². The van der Waals surface area contributed by atoms with Crippen LogP contribution in [0.4, 0.5) is 0 Å². The molecule has 0 N–H and O–H groups in total. The zero-order chi connectivity index (χ0) is 21.1. The Balaban J connectivity index is 1.63. The molecule has 0 spiro atoms. The van der Waals surface area contributed by atoms with E-state index in [1.54, 1.807) is 36.8 Å². The van der Waals surface area contributed by atoms with Gasteiger partial charge in [0.25, 0.3) is 0 Å². The van der Waals surface area contributed by atoms with Crippen molar-refractivity contribution >= 4 is 34.2 Å². The third-order valence-electron chi connectivity index (χ3n) is 4.70. The summed E-state index contributed by atoms with van der Waals surface area (Å²) in [4.78, 5) is 16.6. The molecule has 2 aromatic carbocycles. The maximum Gasteiger partial charge on any atom is 0.341 e. The molecule has 4 aromatic rings. The van der Waals surface area contributed by atoms with E-state index in [2.05, 4.69) is 4.98 Å². The summed E-state index contributed by atoms with van der Waals surface area (Å²) in [5.41, 5.74) is 1.10. The highest BCUT2D eigenvalue weighted by Crippen LogP contribution is 2.31. The summed E-state index contributed by atoms with van der Waals surface area (Å²) in [5, 5.41) is 1.78. The Morgan fingerprint density at radius 3 is 2.80 bits per heavy atom. The number of imidazole rings is 1. The molecular weight excluding hydrogens is 427 g/mol. The summed E-state index contributed by atoms with van der Waals surface area (Å²) in [5.74, 6) is 0.503. The Morgan fingerprint density at radius 2 is 2.07 bits per heavy atom. The number of halogens is 2. The second-order valence-corrected chi connectivity index (χ2v) is 7.51. The minimum absolute atomic E-state index is 0.0494. The molecule has 6 nitrogen and oxygen atoms in total. The molecule has 0 bridgehead atoms. The molecule has 0 saturated carbocycles. The van der Waals surface area contributed by atoms with Crippen LogP contribution in [0.15, 0.2) is 70.4 Å². The maximum absolute atomic E-state index is 12.5. The van der Waals surface area contributed by atoms with Gasteiger partial charge in [0.05, 0.1) is 32.2 Å². The second-order valence-electron chi connectivity index (χ2n) is 6.66. The number of methoxy groups -OCH3 is 1. The van der Waals surface area contributed by atoms with Crippen LogP contribution in [0.2, 0.25) is 10.0 Å². The summed E-state index contributed by atoms with van der Waals surface area (Å²) in [6, 6.07) is 12.4. The molecule has 8 heteroatoms. The van der Waals surface area contributed by atoms with E-state index in [4.69, 9.17) is 37.1 Å². The highest BCUT2D eigenvalue weighted by molar-refractivity contribution is 6.35. The fourth-order valence-electron chi connectivity index (χ4n) is 3.20. The molecule has 0 radical (unpaired) electrons. The molecule has 2 heterocycles. The SMILES string of the molecule is COc1cccc2cc(COC(Cn3ccnc3)c3ccc(Cl)cc3Cl)c(=O)oc12. The molecule has 0 aliphatic rings. The van der Waals surface area contributed by atoms with Gasteiger partial charge in [0, 0.05) is 33.4 Å². The first-order chi connectivity index (χ1) is 14.5. The molecule has 0 aliphatic carbocycles. The number of para-hydroxylation sites is 1. The number of benzene rings is 2. The highest BCUT2D eigenvalue weighted by Gasteiger charge is 2.18. The number of aromatic nitrogens is 2. The average Bonchev–Trinajstić information content (AvgIpc) is 3.24. The Bertz CT molecular complexity index is 1220. The van der Waals surface area contributed by atoms with Crippen LogP contribution in [-0.2, 0) is 17.9 Å². The summed E-state index contributed by atoms with van der Waals surface area (Å²) in [7, 11) is 1.53. The van der Waals surface area contributed by atoms with Crippen molar-refractivity contribution < 1.29 is 13.9 Å². The van der Waals surface area contributed by atoms with Gasteiger partial charge in [-0.1, -0.05) is 41.4 Å². The lowest BCUT2D eigenvalue weighted by Crippen LogP contribution is -2.15. The summed E-state index contributed by atoms with van der Waals surface area (Å²) < 4.78 is 18.7. The quantitative estimate of drug-likeness (QED) is 0.363. The number of fused-ring (bicyclic) bond motifs is 1. The molecule has 1 unspecified atom stereocenters. The molecule has 1 atom stereocenters. The third kappa shape index (κ3) is 4.36. The van der Waals surface area contributed by atoms with Crippen molar-refractivity contribution in [3.63, 3.8) is 0 Å².